The molecule has 0 amide bonds. The van der Waals surface area contributed by atoms with Crippen molar-refractivity contribution in [3.05, 3.63) is 24.3 Å². The molecule has 0 rings (SSSR count). The summed E-state index contributed by atoms with van der Waals surface area (Å²) in [4.78, 5) is 20.8. The maximum Gasteiger partial charge on any atom is 0.155 e. The van der Waals surface area contributed by atoms with Gasteiger partial charge in [-0.3, -0.25) is 9.59 Å². The van der Waals surface area contributed by atoms with Gasteiger partial charge in [0.15, 0.2) is 5.78 Å². The van der Waals surface area contributed by atoms with Crippen LogP contribution >= 0.6 is 0 Å². The number of allylic oxidation sites excluding steroid dienone is 4. The van der Waals surface area contributed by atoms with Crippen molar-refractivity contribution in [3.8, 4) is 0 Å². The maximum atomic E-state index is 11.0. The van der Waals surface area contributed by atoms with Gasteiger partial charge in [-0.1, -0.05) is 25.5 Å². The molecule has 0 atom stereocenters. The molecule has 0 aromatic rings. The highest BCUT2D eigenvalue weighted by atomic mass is 16.1. The number of unbranched alkanes of at least 4 members (excludes halogenated alkanes) is 1. The number of rotatable bonds is 6. The van der Waals surface area contributed by atoms with Gasteiger partial charge in [-0.25, -0.2) is 0 Å². The van der Waals surface area contributed by atoms with Gasteiger partial charge in [0.05, 0.1) is 0 Å². The monoisotopic (exact) mass is 166 g/mol. The highest BCUT2D eigenvalue weighted by Gasteiger charge is 1.92. The van der Waals surface area contributed by atoms with Crippen molar-refractivity contribution in [2.24, 2.45) is 0 Å². The molecule has 0 bridgehead atoms. The van der Waals surface area contributed by atoms with Crippen LogP contribution in [0, 0.1) is 0 Å². The van der Waals surface area contributed by atoms with Gasteiger partial charge in [-0.05, 0) is 18.6 Å². The van der Waals surface area contributed by atoms with E-state index in [-0.39, 0.29) is 5.78 Å². The zero-order chi connectivity index (χ0) is 9.23. The summed E-state index contributed by atoms with van der Waals surface area (Å²) in [6.07, 6.45) is 9.23. The van der Waals surface area contributed by atoms with E-state index in [1.165, 1.54) is 12.2 Å². The number of ketones is 1. The average Bonchev–Trinajstić information content (AvgIpc) is 2.09. The van der Waals surface area contributed by atoms with E-state index in [0.717, 1.165) is 12.8 Å². The van der Waals surface area contributed by atoms with Crippen LogP contribution in [0.5, 0.6) is 0 Å². The molecular formula is C10H14O2. The molecular weight excluding hydrogens is 152 g/mol. The maximum absolute atomic E-state index is 11.0. The minimum absolute atomic E-state index is 0.118. The first kappa shape index (κ1) is 10.8. The Hall–Kier alpha value is -1.18. The average molecular weight is 166 g/mol. The Morgan fingerprint density at radius 3 is 2.58 bits per heavy atom. The molecule has 0 unspecified atom stereocenters. The molecule has 0 aromatic heterocycles. The minimum atomic E-state index is 0.118. The van der Waals surface area contributed by atoms with Crippen LogP contribution in [-0.4, -0.2) is 12.1 Å². The van der Waals surface area contributed by atoms with Crippen LogP contribution in [0.4, 0.5) is 0 Å². The molecule has 0 saturated heterocycles. The molecule has 66 valence electrons. The van der Waals surface area contributed by atoms with Crippen LogP contribution < -0.4 is 0 Å². The minimum Gasteiger partial charge on any atom is -0.299 e. The molecule has 0 heterocycles. The van der Waals surface area contributed by atoms with Crippen molar-refractivity contribution in [1.29, 1.82) is 0 Å². The molecule has 0 spiro atoms. The normalized spacial score (nSPS) is 11.1. The van der Waals surface area contributed by atoms with E-state index in [0.29, 0.717) is 12.7 Å². The van der Waals surface area contributed by atoms with Crippen molar-refractivity contribution in [2.45, 2.75) is 26.2 Å². The summed E-state index contributed by atoms with van der Waals surface area (Å²) < 4.78 is 0. The lowest BCUT2D eigenvalue weighted by atomic mass is 10.2. The molecule has 0 aromatic carbocycles. The molecule has 2 heteroatoms. The molecule has 0 aliphatic heterocycles. The number of hydrogen-bond acceptors (Lipinski definition) is 2. The van der Waals surface area contributed by atoms with E-state index < -0.39 is 0 Å². The van der Waals surface area contributed by atoms with E-state index in [1.807, 2.05) is 6.92 Å². The van der Waals surface area contributed by atoms with Gasteiger partial charge >= 0.3 is 0 Å². The van der Waals surface area contributed by atoms with Crippen molar-refractivity contribution in [3.63, 3.8) is 0 Å². The predicted octanol–water partition coefficient (Wildman–Crippen LogP) is 2.06. The summed E-state index contributed by atoms with van der Waals surface area (Å²) in [5.41, 5.74) is 0. The van der Waals surface area contributed by atoms with E-state index in [1.54, 1.807) is 12.2 Å². The van der Waals surface area contributed by atoms with Gasteiger partial charge in [-0.15, -0.1) is 0 Å². The number of carbonyl (C=O) groups excluding carboxylic acids is 2. The standard InChI is InChI=1S/C10H14O2/c1-2-3-7-10(12)8-5-4-6-9-11/h4-6,8-9H,2-3,7H2,1H3. The Kier molecular flexibility index (Phi) is 7.14. The molecule has 0 radical (unpaired) electrons. The SMILES string of the molecule is CCCCC(=O)C=CC=CC=O. The highest BCUT2D eigenvalue weighted by molar-refractivity contribution is 5.89. The largest absolute Gasteiger partial charge is 0.299 e. The second-order valence-corrected chi connectivity index (χ2v) is 2.45. The predicted molar refractivity (Wildman–Crippen MR) is 48.9 cm³/mol. The fourth-order valence-electron chi connectivity index (χ4n) is 0.707. The second-order valence-electron chi connectivity index (χ2n) is 2.45. The molecule has 12 heavy (non-hydrogen) atoms. The Balaban J connectivity index is 3.60. The van der Waals surface area contributed by atoms with Crippen molar-refractivity contribution >= 4 is 12.1 Å². The van der Waals surface area contributed by atoms with Crippen LogP contribution in [-0.2, 0) is 9.59 Å². The Morgan fingerprint density at radius 1 is 1.25 bits per heavy atom. The summed E-state index contributed by atoms with van der Waals surface area (Å²) in [6, 6.07) is 0. The van der Waals surface area contributed by atoms with Gasteiger partial charge in [0.2, 0.25) is 0 Å². The Morgan fingerprint density at radius 2 is 2.00 bits per heavy atom. The molecule has 0 aliphatic carbocycles. The highest BCUT2D eigenvalue weighted by Crippen LogP contribution is 1.95. The van der Waals surface area contributed by atoms with E-state index in [2.05, 4.69) is 0 Å². The lowest BCUT2D eigenvalue weighted by molar-refractivity contribution is -0.114. The fourth-order valence-corrected chi connectivity index (χ4v) is 0.707. The zero-order valence-corrected chi connectivity index (χ0v) is 7.32. The third-order valence-electron chi connectivity index (χ3n) is 1.36. The smallest absolute Gasteiger partial charge is 0.155 e. The topological polar surface area (TPSA) is 34.1 Å². The first-order chi connectivity index (χ1) is 5.81. The van der Waals surface area contributed by atoms with Crippen molar-refractivity contribution < 1.29 is 9.59 Å². The lowest BCUT2D eigenvalue weighted by Gasteiger charge is -1.89. The van der Waals surface area contributed by atoms with Crippen LogP contribution in [0.2, 0.25) is 0 Å². The van der Waals surface area contributed by atoms with E-state index in [4.69, 9.17) is 0 Å². The second kappa shape index (κ2) is 7.92. The third-order valence-corrected chi connectivity index (χ3v) is 1.36. The first-order valence-corrected chi connectivity index (χ1v) is 4.12. The van der Waals surface area contributed by atoms with Crippen LogP contribution in [0.3, 0.4) is 0 Å². The summed E-state index contributed by atoms with van der Waals surface area (Å²) in [7, 11) is 0. The quantitative estimate of drug-likeness (QED) is 0.344. The summed E-state index contributed by atoms with van der Waals surface area (Å²) in [5, 5.41) is 0. The Bertz CT molecular complexity index is 190. The summed E-state index contributed by atoms with van der Waals surface area (Å²) >= 11 is 0. The van der Waals surface area contributed by atoms with Crippen LogP contribution in [0.15, 0.2) is 24.3 Å². The lowest BCUT2D eigenvalue weighted by Crippen LogP contribution is -1.90. The molecule has 0 N–H and O–H groups in total. The fraction of sp³-hybridized carbons (Fsp3) is 0.400. The van der Waals surface area contributed by atoms with Gasteiger partial charge in [0, 0.05) is 6.42 Å². The van der Waals surface area contributed by atoms with Crippen molar-refractivity contribution in [1.82, 2.24) is 0 Å². The van der Waals surface area contributed by atoms with E-state index >= 15 is 0 Å². The number of hydrogen-bond donors (Lipinski definition) is 0. The molecule has 2 nitrogen and oxygen atoms in total. The molecule has 0 saturated carbocycles. The summed E-state index contributed by atoms with van der Waals surface area (Å²) in [5.74, 6) is 0.118. The molecule has 0 aliphatic rings. The van der Waals surface area contributed by atoms with Crippen molar-refractivity contribution in [2.75, 3.05) is 0 Å². The number of aldehydes is 1. The van der Waals surface area contributed by atoms with Crippen LogP contribution in [0.25, 0.3) is 0 Å². The van der Waals surface area contributed by atoms with Gasteiger partial charge in [0.1, 0.15) is 6.29 Å². The van der Waals surface area contributed by atoms with Crippen LogP contribution in [0.1, 0.15) is 26.2 Å². The number of carbonyl (C=O) groups is 2. The Labute approximate surface area is 73.0 Å². The first-order valence-electron chi connectivity index (χ1n) is 4.12. The summed E-state index contributed by atoms with van der Waals surface area (Å²) in [6.45, 7) is 2.04. The molecule has 0 fully saturated rings. The third kappa shape index (κ3) is 6.93. The van der Waals surface area contributed by atoms with Gasteiger partial charge in [-0.2, -0.15) is 0 Å². The van der Waals surface area contributed by atoms with Gasteiger partial charge < -0.3 is 0 Å². The zero-order valence-electron chi connectivity index (χ0n) is 7.32. The van der Waals surface area contributed by atoms with E-state index in [9.17, 15) is 9.59 Å². The van der Waals surface area contributed by atoms with Gasteiger partial charge in [0.25, 0.3) is 0 Å².